The van der Waals surface area contributed by atoms with E-state index in [9.17, 15) is 19.2 Å². The molecule has 0 aliphatic heterocycles. The fourth-order valence-corrected chi connectivity index (χ4v) is 1.44. The summed E-state index contributed by atoms with van der Waals surface area (Å²) in [4.78, 5) is 46.3. The Bertz CT molecular complexity index is 590. The highest BCUT2D eigenvalue weighted by Crippen LogP contribution is 1.95. The molecule has 0 fully saturated rings. The van der Waals surface area contributed by atoms with E-state index in [-0.39, 0.29) is 19.5 Å². The van der Waals surface area contributed by atoms with Crippen LogP contribution < -0.4 is 16.6 Å². The number of aromatic nitrogens is 2. The predicted molar refractivity (Wildman–Crippen MR) is 67.4 cm³/mol. The predicted octanol–water partition coefficient (Wildman–Crippen LogP) is -1.86. The lowest BCUT2D eigenvalue weighted by molar-refractivity contribution is -0.140. The zero-order valence-electron chi connectivity index (χ0n) is 10.8. The SMILES string of the molecule is COC(CNC(=O)Cn1ccc(=O)[nH]c1=O)CC(=O)O. The lowest BCUT2D eigenvalue weighted by Crippen LogP contribution is -2.39. The minimum absolute atomic E-state index is 0.0136. The Morgan fingerprint density at radius 3 is 2.75 bits per heavy atom. The number of amides is 1. The summed E-state index contributed by atoms with van der Waals surface area (Å²) in [5.74, 6) is -1.53. The normalized spacial score (nSPS) is 11.8. The van der Waals surface area contributed by atoms with Gasteiger partial charge in [-0.2, -0.15) is 0 Å². The number of ether oxygens (including phenoxy) is 1. The third kappa shape index (κ3) is 5.06. The number of H-pyrrole nitrogens is 1. The molecule has 1 amide bonds. The Labute approximate surface area is 113 Å². The van der Waals surface area contributed by atoms with Crippen LogP contribution >= 0.6 is 0 Å². The van der Waals surface area contributed by atoms with Gasteiger partial charge >= 0.3 is 11.7 Å². The van der Waals surface area contributed by atoms with Gasteiger partial charge in [-0.25, -0.2) is 4.79 Å². The number of nitrogens with one attached hydrogen (secondary N) is 2. The first-order chi connectivity index (χ1) is 9.42. The maximum atomic E-state index is 11.6. The Kier molecular flexibility index (Phi) is 5.66. The van der Waals surface area contributed by atoms with Gasteiger partial charge in [0.1, 0.15) is 6.54 Å². The van der Waals surface area contributed by atoms with Gasteiger partial charge in [0.05, 0.1) is 12.5 Å². The van der Waals surface area contributed by atoms with Crippen molar-refractivity contribution in [3.63, 3.8) is 0 Å². The summed E-state index contributed by atoms with van der Waals surface area (Å²) < 4.78 is 5.91. The molecule has 0 saturated heterocycles. The second kappa shape index (κ2) is 7.24. The van der Waals surface area contributed by atoms with Crippen LogP contribution in [0, 0.1) is 0 Å². The van der Waals surface area contributed by atoms with Crippen LogP contribution in [-0.4, -0.2) is 46.3 Å². The average Bonchev–Trinajstić information content (AvgIpc) is 2.37. The molecular weight excluding hydrogens is 270 g/mol. The summed E-state index contributed by atoms with van der Waals surface area (Å²) in [6, 6.07) is 1.12. The van der Waals surface area contributed by atoms with Crippen LogP contribution in [0.2, 0.25) is 0 Å². The van der Waals surface area contributed by atoms with Gasteiger partial charge in [0.2, 0.25) is 5.91 Å². The lowest BCUT2D eigenvalue weighted by atomic mass is 10.2. The van der Waals surface area contributed by atoms with E-state index in [4.69, 9.17) is 9.84 Å². The quantitative estimate of drug-likeness (QED) is 0.538. The number of hydrogen-bond acceptors (Lipinski definition) is 5. The minimum Gasteiger partial charge on any atom is -0.481 e. The molecule has 9 heteroatoms. The van der Waals surface area contributed by atoms with Crippen molar-refractivity contribution in [3.05, 3.63) is 33.1 Å². The zero-order chi connectivity index (χ0) is 15.1. The van der Waals surface area contributed by atoms with E-state index < -0.39 is 29.2 Å². The monoisotopic (exact) mass is 285 g/mol. The molecule has 1 heterocycles. The first kappa shape index (κ1) is 15.6. The van der Waals surface area contributed by atoms with E-state index in [0.717, 1.165) is 10.6 Å². The molecule has 20 heavy (non-hydrogen) atoms. The molecule has 0 bridgehead atoms. The molecule has 1 atom stereocenters. The number of methoxy groups -OCH3 is 1. The Morgan fingerprint density at radius 1 is 1.50 bits per heavy atom. The highest BCUT2D eigenvalue weighted by atomic mass is 16.5. The van der Waals surface area contributed by atoms with Crippen molar-refractivity contribution in [3.8, 4) is 0 Å². The summed E-state index contributed by atoms with van der Waals surface area (Å²) in [6.45, 7) is -0.265. The Morgan fingerprint density at radius 2 is 2.20 bits per heavy atom. The molecule has 0 aliphatic carbocycles. The van der Waals surface area contributed by atoms with Crippen molar-refractivity contribution < 1.29 is 19.4 Å². The standard InChI is InChI=1S/C11H15N3O6/c1-20-7(4-10(17)18)5-12-9(16)6-14-3-2-8(15)13-11(14)19/h2-3,7H,4-6H2,1H3,(H,12,16)(H,17,18)(H,13,15,19). The largest absolute Gasteiger partial charge is 0.481 e. The molecule has 0 aliphatic rings. The van der Waals surface area contributed by atoms with Gasteiger partial charge < -0.3 is 15.2 Å². The lowest BCUT2D eigenvalue weighted by Gasteiger charge is -2.14. The van der Waals surface area contributed by atoms with Crippen molar-refractivity contribution in [2.24, 2.45) is 0 Å². The molecule has 110 valence electrons. The number of nitrogens with zero attached hydrogens (tertiary/aromatic N) is 1. The summed E-state index contributed by atoms with van der Waals surface area (Å²) in [5.41, 5.74) is -1.24. The van der Waals surface area contributed by atoms with Crippen LogP contribution in [-0.2, 0) is 20.9 Å². The van der Waals surface area contributed by atoms with Crippen molar-refractivity contribution >= 4 is 11.9 Å². The number of carbonyl (C=O) groups is 2. The van der Waals surface area contributed by atoms with Crippen LogP contribution in [0.4, 0.5) is 0 Å². The number of aliphatic carboxylic acids is 1. The maximum absolute atomic E-state index is 11.6. The number of aromatic amines is 1. The first-order valence-corrected chi connectivity index (χ1v) is 5.73. The first-order valence-electron chi connectivity index (χ1n) is 5.73. The molecule has 1 unspecified atom stereocenters. The van der Waals surface area contributed by atoms with Crippen molar-refractivity contribution in [1.29, 1.82) is 0 Å². The number of carboxylic acids is 1. The van der Waals surface area contributed by atoms with Crippen LogP contribution in [0.5, 0.6) is 0 Å². The fraction of sp³-hybridized carbons (Fsp3) is 0.455. The van der Waals surface area contributed by atoms with Gasteiger partial charge in [-0.3, -0.25) is 23.9 Å². The van der Waals surface area contributed by atoms with Gasteiger partial charge in [0, 0.05) is 25.9 Å². The van der Waals surface area contributed by atoms with Crippen LogP contribution in [0.25, 0.3) is 0 Å². The van der Waals surface area contributed by atoms with Crippen molar-refractivity contribution in [1.82, 2.24) is 14.9 Å². The van der Waals surface area contributed by atoms with E-state index in [1.807, 2.05) is 4.98 Å². The van der Waals surface area contributed by atoms with E-state index >= 15 is 0 Å². The molecule has 0 saturated carbocycles. The minimum atomic E-state index is -1.04. The van der Waals surface area contributed by atoms with Gasteiger partial charge in [0.15, 0.2) is 0 Å². The molecule has 0 spiro atoms. The molecule has 9 nitrogen and oxygen atoms in total. The Balaban J connectivity index is 2.53. The van der Waals surface area contributed by atoms with E-state index in [1.165, 1.54) is 13.3 Å². The van der Waals surface area contributed by atoms with E-state index in [1.54, 1.807) is 0 Å². The molecule has 0 aromatic carbocycles. The van der Waals surface area contributed by atoms with Gasteiger partial charge in [-0.15, -0.1) is 0 Å². The van der Waals surface area contributed by atoms with E-state index in [0.29, 0.717) is 0 Å². The summed E-state index contributed by atoms with van der Waals surface area (Å²) in [7, 11) is 1.34. The second-order valence-electron chi connectivity index (χ2n) is 4.00. The highest BCUT2D eigenvalue weighted by molar-refractivity contribution is 5.75. The fourth-order valence-electron chi connectivity index (χ4n) is 1.44. The second-order valence-corrected chi connectivity index (χ2v) is 4.00. The van der Waals surface area contributed by atoms with Crippen LogP contribution in [0.15, 0.2) is 21.9 Å². The van der Waals surface area contributed by atoms with Crippen molar-refractivity contribution in [2.75, 3.05) is 13.7 Å². The molecule has 0 radical (unpaired) electrons. The third-order valence-corrected chi connectivity index (χ3v) is 2.47. The average molecular weight is 285 g/mol. The van der Waals surface area contributed by atoms with Crippen molar-refractivity contribution in [2.45, 2.75) is 19.1 Å². The Hall–Kier alpha value is -2.42. The molecule has 1 aromatic heterocycles. The summed E-state index contributed by atoms with van der Waals surface area (Å²) >= 11 is 0. The molecule has 3 N–H and O–H groups in total. The third-order valence-electron chi connectivity index (χ3n) is 2.47. The maximum Gasteiger partial charge on any atom is 0.328 e. The van der Waals surface area contributed by atoms with Crippen LogP contribution in [0.1, 0.15) is 6.42 Å². The van der Waals surface area contributed by atoms with E-state index in [2.05, 4.69) is 5.32 Å². The number of carboxylic acid groups (broad SMARTS) is 1. The smallest absolute Gasteiger partial charge is 0.328 e. The molecule has 1 rings (SSSR count). The number of carbonyl (C=O) groups excluding carboxylic acids is 1. The molecule has 1 aromatic rings. The van der Waals surface area contributed by atoms with Gasteiger partial charge in [-0.05, 0) is 0 Å². The zero-order valence-corrected chi connectivity index (χ0v) is 10.8. The highest BCUT2D eigenvalue weighted by Gasteiger charge is 2.13. The molecular formula is C11H15N3O6. The van der Waals surface area contributed by atoms with Crippen LogP contribution in [0.3, 0.4) is 0 Å². The summed E-state index contributed by atoms with van der Waals surface area (Å²) in [5, 5.41) is 11.1. The number of rotatable bonds is 7. The summed E-state index contributed by atoms with van der Waals surface area (Å²) in [6.07, 6.45) is 0.310. The van der Waals surface area contributed by atoms with Gasteiger partial charge in [-0.1, -0.05) is 0 Å². The topological polar surface area (TPSA) is 130 Å². The van der Waals surface area contributed by atoms with Gasteiger partial charge in [0.25, 0.3) is 5.56 Å². The number of hydrogen-bond donors (Lipinski definition) is 3.